The average Bonchev–Trinajstić information content (AvgIpc) is 2.65. The van der Waals surface area contributed by atoms with Crippen molar-refractivity contribution in [3.63, 3.8) is 0 Å². The first-order valence-corrected chi connectivity index (χ1v) is 5.84. The Bertz CT molecular complexity index is 325. The van der Waals surface area contributed by atoms with Crippen LogP contribution in [0.4, 0.5) is 0 Å². The van der Waals surface area contributed by atoms with E-state index in [0.29, 0.717) is 12.5 Å². The van der Waals surface area contributed by atoms with Gasteiger partial charge in [-0.15, -0.1) is 10.2 Å². The number of tetrazole rings is 1. The summed E-state index contributed by atoms with van der Waals surface area (Å²) in [6.45, 7) is 3.21. The molecule has 1 fully saturated rings. The standard InChI is InChI=1S/C10H19N5O/c1-14-12-10(11-13-14)8-15-5-2-3-9(7-15)4-6-16/h9,16H,2-8H2,1H3. The number of likely N-dealkylation sites (tertiary alicyclic amines) is 1. The maximum absolute atomic E-state index is 8.94. The van der Waals surface area contributed by atoms with E-state index in [4.69, 9.17) is 5.11 Å². The second-order valence-electron chi connectivity index (χ2n) is 4.45. The number of aromatic nitrogens is 4. The summed E-state index contributed by atoms with van der Waals surface area (Å²) in [6, 6.07) is 0. The van der Waals surface area contributed by atoms with Gasteiger partial charge in [0.1, 0.15) is 0 Å². The second-order valence-corrected chi connectivity index (χ2v) is 4.45. The minimum absolute atomic E-state index is 0.294. The number of rotatable bonds is 4. The van der Waals surface area contributed by atoms with Gasteiger partial charge in [0.25, 0.3) is 0 Å². The molecule has 0 aromatic carbocycles. The van der Waals surface area contributed by atoms with Crippen molar-refractivity contribution >= 4 is 0 Å². The number of hydrogen-bond acceptors (Lipinski definition) is 5. The molecule has 90 valence electrons. The summed E-state index contributed by atoms with van der Waals surface area (Å²) >= 11 is 0. The van der Waals surface area contributed by atoms with E-state index in [1.165, 1.54) is 17.6 Å². The SMILES string of the molecule is Cn1nnc(CN2CCCC(CCO)C2)n1. The van der Waals surface area contributed by atoms with Crippen molar-refractivity contribution in [1.29, 1.82) is 0 Å². The molecule has 1 aliphatic heterocycles. The van der Waals surface area contributed by atoms with Crippen LogP contribution in [-0.4, -0.2) is 49.9 Å². The molecule has 6 nitrogen and oxygen atoms in total. The molecule has 0 amide bonds. The van der Waals surface area contributed by atoms with Crippen LogP contribution >= 0.6 is 0 Å². The second kappa shape index (κ2) is 5.36. The highest BCUT2D eigenvalue weighted by Crippen LogP contribution is 2.19. The van der Waals surface area contributed by atoms with Gasteiger partial charge in [0.05, 0.1) is 13.6 Å². The van der Waals surface area contributed by atoms with Gasteiger partial charge in [0.2, 0.25) is 0 Å². The molecular weight excluding hydrogens is 206 g/mol. The lowest BCUT2D eigenvalue weighted by Gasteiger charge is -2.31. The van der Waals surface area contributed by atoms with Crippen molar-refractivity contribution in [3.8, 4) is 0 Å². The summed E-state index contributed by atoms with van der Waals surface area (Å²) in [6.07, 6.45) is 3.33. The summed E-state index contributed by atoms with van der Waals surface area (Å²) in [5.74, 6) is 1.41. The molecule has 2 rings (SSSR count). The molecular formula is C10H19N5O. The number of aliphatic hydroxyl groups excluding tert-OH is 1. The molecule has 1 saturated heterocycles. The van der Waals surface area contributed by atoms with Crippen LogP contribution in [0, 0.1) is 5.92 Å². The number of aryl methyl sites for hydroxylation is 1. The number of hydrogen-bond donors (Lipinski definition) is 1. The van der Waals surface area contributed by atoms with E-state index in [1.54, 1.807) is 7.05 Å². The van der Waals surface area contributed by atoms with Gasteiger partial charge in [0, 0.05) is 13.2 Å². The van der Waals surface area contributed by atoms with Gasteiger partial charge in [0.15, 0.2) is 5.82 Å². The monoisotopic (exact) mass is 225 g/mol. The summed E-state index contributed by atoms with van der Waals surface area (Å²) in [5, 5.41) is 20.9. The maximum Gasteiger partial charge on any atom is 0.188 e. The molecule has 16 heavy (non-hydrogen) atoms. The fourth-order valence-corrected chi connectivity index (χ4v) is 2.30. The molecule has 0 spiro atoms. The fourth-order valence-electron chi connectivity index (χ4n) is 2.30. The maximum atomic E-state index is 8.94. The summed E-state index contributed by atoms with van der Waals surface area (Å²) in [5.41, 5.74) is 0. The molecule has 6 heteroatoms. The van der Waals surface area contributed by atoms with Crippen molar-refractivity contribution in [2.75, 3.05) is 19.7 Å². The largest absolute Gasteiger partial charge is 0.396 e. The van der Waals surface area contributed by atoms with Crippen LogP contribution in [0.2, 0.25) is 0 Å². The Morgan fingerprint density at radius 3 is 3.06 bits per heavy atom. The highest BCUT2D eigenvalue weighted by Gasteiger charge is 2.20. The minimum Gasteiger partial charge on any atom is -0.396 e. The first kappa shape index (κ1) is 11.5. The molecule has 1 aromatic rings. The normalized spacial score (nSPS) is 22.5. The van der Waals surface area contributed by atoms with E-state index in [1.807, 2.05) is 0 Å². The van der Waals surface area contributed by atoms with Crippen molar-refractivity contribution in [2.45, 2.75) is 25.8 Å². The molecule has 0 saturated carbocycles. The summed E-state index contributed by atoms with van der Waals surface area (Å²) < 4.78 is 0. The van der Waals surface area contributed by atoms with Crippen LogP contribution in [0.1, 0.15) is 25.1 Å². The Labute approximate surface area is 95.2 Å². The molecule has 0 radical (unpaired) electrons. The van der Waals surface area contributed by atoms with E-state index in [2.05, 4.69) is 20.3 Å². The third-order valence-electron chi connectivity index (χ3n) is 3.06. The quantitative estimate of drug-likeness (QED) is 0.769. The van der Waals surface area contributed by atoms with Gasteiger partial charge in [-0.2, -0.15) is 4.80 Å². The van der Waals surface area contributed by atoms with E-state index >= 15 is 0 Å². The van der Waals surface area contributed by atoms with E-state index in [9.17, 15) is 0 Å². The summed E-state index contributed by atoms with van der Waals surface area (Å²) in [7, 11) is 1.78. The third-order valence-corrected chi connectivity index (χ3v) is 3.06. The number of nitrogens with zero attached hydrogens (tertiary/aromatic N) is 5. The zero-order valence-corrected chi connectivity index (χ0v) is 9.71. The fraction of sp³-hybridized carbons (Fsp3) is 0.900. The molecule has 0 bridgehead atoms. The van der Waals surface area contributed by atoms with Crippen molar-refractivity contribution in [2.24, 2.45) is 13.0 Å². The molecule has 1 unspecified atom stereocenters. The smallest absolute Gasteiger partial charge is 0.188 e. The van der Waals surface area contributed by atoms with Gasteiger partial charge in [-0.3, -0.25) is 4.90 Å². The Balaban J connectivity index is 1.85. The van der Waals surface area contributed by atoms with Crippen LogP contribution in [0.15, 0.2) is 0 Å². The predicted octanol–water partition coefficient (Wildman–Crippen LogP) is -0.196. The highest BCUT2D eigenvalue weighted by atomic mass is 16.3. The Morgan fingerprint density at radius 1 is 1.50 bits per heavy atom. The van der Waals surface area contributed by atoms with E-state index in [-0.39, 0.29) is 0 Å². The summed E-state index contributed by atoms with van der Waals surface area (Å²) in [4.78, 5) is 3.84. The zero-order chi connectivity index (χ0) is 11.4. The van der Waals surface area contributed by atoms with Crippen molar-refractivity contribution in [1.82, 2.24) is 25.1 Å². The number of piperidine rings is 1. The molecule has 2 heterocycles. The molecule has 1 aromatic heterocycles. The topological polar surface area (TPSA) is 67.1 Å². The average molecular weight is 225 g/mol. The van der Waals surface area contributed by atoms with Gasteiger partial charge < -0.3 is 5.11 Å². The Morgan fingerprint density at radius 2 is 2.38 bits per heavy atom. The van der Waals surface area contributed by atoms with Crippen LogP contribution in [0.3, 0.4) is 0 Å². The molecule has 0 aliphatic carbocycles. The van der Waals surface area contributed by atoms with E-state index in [0.717, 1.165) is 31.9 Å². The van der Waals surface area contributed by atoms with Crippen molar-refractivity contribution in [3.05, 3.63) is 5.82 Å². The molecule has 1 atom stereocenters. The molecule has 1 N–H and O–H groups in total. The van der Waals surface area contributed by atoms with Crippen LogP contribution in [0.5, 0.6) is 0 Å². The third kappa shape index (κ3) is 2.99. The van der Waals surface area contributed by atoms with Gasteiger partial charge in [-0.1, -0.05) is 0 Å². The lowest BCUT2D eigenvalue weighted by atomic mass is 9.95. The van der Waals surface area contributed by atoms with Crippen LogP contribution in [0.25, 0.3) is 0 Å². The van der Waals surface area contributed by atoms with Gasteiger partial charge in [-0.05, 0) is 36.9 Å². The lowest BCUT2D eigenvalue weighted by Crippen LogP contribution is -2.35. The predicted molar refractivity (Wildman–Crippen MR) is 58.5 cm³/mol. The minimum atomic E-state index is 0.294. The Kier molecular flexibility index (Phi) is 3.84. The first-order chi connectivity index (χ1) is 7.78. The van der Waals surface area contributed by atoms with Gasteiger partial charge in [-0.25, -0.2) is 0 Å². The van der Waals surface area contributed by atoms with Gasteiger partial charge >= 0.3 is 0 Å². The van der Waals surface area contributed by atoms with Crippen LogP contribution < -0.4 is 0 Å². The van der Waals surface area contributed by atoms with E-state index < -0.39 is 0 Å². The molecule has 1 aliphatic rings. The lowest BCUT2D eigenvalue weighted by molar-refractivity contribution is 0.140. The Hall–Kier alpha value is -1.01. The zero-order valence-electron chi connectivity index (χ0n) is 9.71. The van der Waals surface area contributed by atoms with Crippen LogP contribution in [-0.2, 0) is 13.6 Å². The first-order valence-electron chi connectivity index (χ1n) is 5.84. The highest BCUT2D eigenvalue weighted by molar-refractivity contribution is 4.80. The number of aliphatic hydroxyl groups is 1. The van der Waals surface area contributed by atoms with Crippen molar-refractivity contribution < 1.29 is 5.11 Å².